The van der Waals surface area contributed by atoms with E-state index in [0.717, 1.165) is 22.0 Å². The van der Waals surface area contributed by atoms with E-state index in [1.165, 1.54) is 16.7 Å². The molecule has 1 heterocycles. The Morgan fingerprint density at radius 3 is 2.06 bits per heavy atom. The van der Waals surface area contributed by atoms with E-state index in [9.17, 15) is 4.79 Å². The van der Waals surface area contributed by atoms with Crippen LogP contribution in [0.2, 0.25) is 0 Å². The molecule has 0 fully saturated rings. The molecule has 1 aromatic carbocycles. The van der Waals surface area contributed by atoms with Crippen LogP contribution in [0.1, 0.15) is 27.9 Å². The van der Waals surface area contributed by atoms with E-state index in [0.29, 0.717) is 0 Å². The number of benzene rings is 1. The molecule has 2 nitrogen and oxygen atoms in total. The molecule has 0 atom stereocenters. The number of hydrogen-bond donors (Lipinski definition) is 1. The van der Waals surface area contributed by atoms with Crippen molar-refractivity contribution in [2.24, 2.45) is 0 Å². The van der Waals surface area contributed by atoms with Gasteiger partial charge in [-0.05, 0) is 68.3 Å². The highest BCUT2D eigenvalue weighted by atomic mass is 16.1. The molecule has 0 aliphatic heterocycles. The van der Waals surface area contributed by atoms with Crippen LogP contribution in [0, 0.1) is 34.6 Å². The summed E-state index contributed by atoms with van der Waals surface area (Å²) in [5, 5.41) is 1.92. The summed E-state index contributed by atoms with van der Waals surface area (Å²) < 4.78 is 0. The van der Waals surface area contributed by atoms with Gasteiger partial charge < -0.3 is 4.98 Å². The number of aromatic amines is 1. The molecule has 0 unspecified atom stereocenters. The zero-order valence-corrected chi connectivity index (χ0v) is 10.5. The Balaban J connectivity index is 3.15. The molecule has 1 N–H and O–H groups in total. The average Bonchev–Trinajstić information content (AvgIpc) is 2.22. The third-order valence-corrected chi connectivity index (χ3v) is 3.63. The second-order valence-corrected chi connectivity index (χ2v) is 4.57. The van der Waals surface area contributed by atoms with Gasteiger partial charge in [0, 0.05) is 5.69 Å². The van der Waals surface area contributed by atoms with Gasteiger partial charge in [0.15, 0.2) is 0 Å². The fourth-order valence-electron chi connectivity index (χ4n) is 2.31. The topological polar surface area (TPSA) is 32.9 Å². The zero-order valence-electron chi connectivity index (χ0n) is 10.5. The van der Waals surface area contributed by atoms with Gasteiger partial charge in [-0.25, -0.2) is 0 Å². The van der Waals surface area contributed by atoms with Crippen LogP contribution in [0.4, 0.5) is 0 Å². The number of H-pyrrole nitrogens is 1. The summed E-state index contributed by atoms with van der Waals surface area (Å²) in [7, 11) is 0. The van der Waals surface area contributed by atoms with Crippen molar-refractivity contribution in [1.82, 2.24) is 4.98 Å². The molecule has 2 heteroatoms. The SMILES string of the molecule is Cc1cc2c(C)c(C)c(C)c(C)c2c(=O)[nH]1. The first-order valence-electron chi connectivity index (χ1n) is 5.53. The van der Waals surface area contributed by atoms with E-state index in [1.807, 2.05) is 13.8 Å². The second kappa shape index (κ2) is 3.48. The Labute approximate surface area is 95.3 Å². The summed E-state index contributed by atoms with van der Waals surface area (Å²) in [6.45, 7) is 10.2. The van der Waals surface area contributed by atoms with Gasteiger partial charge in [-0.15, -0.1) is 0 Å². The number of rotatable bonds is 0. The molecule has 16 heavy (non-hydrogen) atoms. The first kappa shape index (κ1) is 10.9. The van der Waals surface area contributed by atoms with Crippen molar-refractivity contribution < 1.29 is 0 Å². The molecule has 0 bridgehead atoms. The lowest BCUT2D eigenvalue weighted by Gasteiger charge is -2.13. The molecule has 0 spiro atoms. The fraction of sp³-hybridized carbons (Fsp3) is 0.357. The maximum absolute atomic E-state index is 12.0. The van der Waals surface area contributed by atoms with Gasteiger partial charge >= 0.3 is 0 Å². The Hall–Kier alpha value is -1.57. The largest absolute Gasteiger partial charge is 0.326 e. The van der Waals surface area contributed by atoms with Crippen LogP contribution in [-0.4, -0.2) is 4.98 Å². The molecule has 2 aromatic rings. The van der Waals surface area contributed by atoms with Gasteiger partial charge in [0.25, 0.3) is 5.56 Å². The van der Waals surface area contributed by atoms with Crippen LogP contribution in [0.25, 0.3) is 10.8 Å². The summed E-state index contributed by atoms with van der Waals surface area (Å²) in [5.41, 5.74) is 5.77. The molecule has 0 aliphatic rings. The lowest BCUT2D eigenvalue weighted by atomic mass is 9.92. The Morgan fingerprint density at radius 1 is 0.875 bits per heavy atom. The molecular weight excluding hydrogens is 198 g/mol. The number of nitrogens with one attached hydrogen (secondary N) is 1. The lowest BCUT2D eigenvalue weighted by molar-refractivity contribution is 1.15. The van der Waals surface area contributed by atoms with Crippen molar-refractivity contribution in [3.8, 4) is 0 Å². The van der Waals surface area contributed by atoms with Gasteiger partial charge in [-0.3, -0.25) is 4.79 Å². The Bertz CT molecular complexity index is 635. The predicted octanol–water partition coefficient (Wildman–Crippen LogP) is 3.07. The normalized spacial score (nSPS) is 11.1. The van der Waals surface area contributed by atoms with Crippen LogP contribution in [0.5, 0.6) is 0 Å². The van der Waals surface area contributed by atoms with Crippen molar-refractivity contribution in [3.63, 3.8) is 0 Å². The van der Waals surface area contributed by atoms with E-state index in [2.05, 4.69) is 31.8 Å². The maximum Gasteiger partial charge on any atom is 0.256 e. The van der Waals surface area contributed by atoms with Gasteiger partial charge in [-0.1, -0.05) is 0 Å². The van der Waals surface area contributed by atoms with Crippen LogP contribution >= 0.6 is 0 Å². The molecular formula is C14H17NO. The van der Waals surface area contributed by atoms with Crippen molar-refractivity contribution in [1.29, 1.82) is 0 Å². The van der Waals surface area contributed by atoms with Gasteiger partial charge in [-0.2, -0.15) is 0 Å². The first-order valence-corrected chi connectivity index (χ1v) is 5.53. The Kier molecular flexibility index (Phi) is 2.38. The number of pyridine rings is 1. The van der Waals surface area contributed by atoms with Crippen molar-refractivity contribution in [2.45, 2.75) is 34.6 Å². The van der Waals surface area contributed by atoms with Gasteiger partial charge in [0.05, 0.1) is 5.39 Å². The number of fused-ring (bicyclic) bond motifs is 1. The summed E-state index contributed by atoms with van der Waals surface area (Å²) >= 11 is 0. The van der Waals surface area contributed by atoms with Crippen LogP contribution < -0.4 is 5.56 Å². The summed E-state index contributed by atoms with van der Waals surface area (Å²) in [5.74, 6) is 0. The summed E-state index contributed by atoms with van der Waals surface area (Å²) in [4.78, 5) is 14.9. The van der Waals surface area contributed by atoms with E-state index < -0.39 is 0 Å². The van der Waals surface area contributed by atoms with Crippen molar-refractivity contribution in [2.75, 3.05) is 0 Å². The quantitative estimate of drug-likeness (QED) is 0.719. The molecule has 0 amide bonds. The molecule has 0 aliphatic carbocycles. The van der Waals surface area contributed by atoms with Crippen LogP contribution in [-0.2, 0) is 0 Å². The van der Waals surface area contributed by atoms with E-state index in [1.54, 1.807) is 0 Å². The standard InChI is InChI=1S/C14H17NO/c1-7-6-12-10(4)8(2)9(3)11(5)13(12)14(16)15-7/h6H,1-5H3,(H,15,16). The highest BCUT2D eigenvalue weighted by Gasteiger charge is 2.11. The highest BCUT2D eigenvalue weighted by Crippen LogP contribution is 2.26. The lowest BCUT2D eigenvalue weighted by Crippen LogP contribution is -2.11. The fourth-order valence-corrected chi connectivity index (χ4v) is 2.31. The zero-order chi connectivity index (χ0) is 12.0. The van der Waals surface area contributed by atoms with Crippen molar-refractivity contribution >= 4 is 10.8 Å². The predicted molar refractivity (Wildman–Crippen MR) is 68.3 cm³/mol. The third-order valence-electron chi connectivity index (χ3n) is 3.63. The highest BCUT2D eigenvalue weighted by molar-refractivity contribution is 5.90. The van der Waals surface area contributed by atoms with E-state index in [4.69, 9.17) is 0 Å². The van der Waals surface area contributed by atoms with E-state index in [-0.39, 0.29) is 5.56 Å². The monoisotopic (exact) mass is 215 g/mol. The number of aryl methyl sites for hydroxylation is 3. The smallest absolute Gasteiger partial charge is 0.256 e. The first-order chi connectivity index (χ1) is 7.43. The molecule has 0 saturated carbocycles. The maximum atomic E-state index is 12.0. The summed E-state index contributed by atoms with van der Waals surface area (Å²) in [6, 6.07) is 2.06. The number of hydrogen-bond acceptors (Lipinski definition) is 1. The second-order valence-electron chi connectivity index (χ2n) is 4.57. The molecule has 0 saturated heterocycles. The minimum atomic E-state index is 0.0266. The van der Waals surface area contributed by atoms with Gasteiger partial charge in [0.2, 0.25) is 0 Å². The molecule has 0 radical (unpaired) electrons. The summed E-state index contributed by atoms with van der Waals surface area (Å²) in [6.07, 6.45) is 0. The Morgan fingerprint density at radius 2 is 1.44 bits per heavy atom. The van der Waals surface area contributed by atoms with E-state index >= 15 is 0 Å². The van der Waals surface area contributed by atoms with Crippen LogP contribution in [0.15, 0.2) is 10.9 Å². The molecule has 1 aromatic heterocycles. The van der Waals surface area contributed by atoms with Gasteiger partial charge in [0.1, 0.15) is 0 Å². The molecule has 2 rings (SSSR count). The number of aromatic nitrogens is 1. The minimum Gasteiger partial charge on any atom is -0.326 e. The van der Waals surface area contributed by atoms with Crippen LogP contribution in [0.3, 0.4) is 0 Å². The minimum absolute atomic E-state index is 0.0266. The average molecular weight is 215 g/mol. The van der Waals surface area contributed by atoms with Crippen molar-refractivity contribution in [3.05, 3.63) is 44.4 Å². The third kappa shape index (κ3) is 1.37. The molecule has 84 valence electrons.